The van der Waals surface area contributed by atoms with Gasteiger partial charge in [-0.1, -0.05) is 29.8 Å². The van der Waals surface area contributed by atoms with Gasteiger partial charge in [0.25, 0.3) is 5.91 Å². The molecule has 3 rings (SSSR count). The molecule has 134 valence electrons. The van der Waals surface area contributed by atoms with Gasteiger partial charge < -0.3 is 4.74 Å². The summed E-state index contributed by atoms with van der Waals surface area (Å²) in [4.78, 5) is 12.7. The van der Waals surface area contributed by atoms with E-state index in [9.17, 15) is 13.6 Å². The number of hydrazone groups is 1. The van der Waals surface area contributed by atoms with E-state index in [2.05, 4.69) is 15.3 Å². The molecule has 0 bridgehead atoms. The van der Waals surface area contributed by atoms with Crippen molar-refractivity contribution in [3.8, 4) is 5.75 Å². The van der Waals surface area contributed by atoms with Crippen LogP contribution in [0.4, 0.5) is 8.78 Å². The largest absolute Gasteiger partial charge is 0.435 e. The molecule has 3 aromatic rings. The number of hydrogen-bond donors (Lipinski definition) is 1. The topological polar surface area (TPSA) is 50.7 Å². The van der Waals surface area contributed by atoms with Gasteiger partial charge in [0.15, 0.2) is 0 Å². The van der Waals surface area contributed by atoms with Gasteiger partial charge in [0.2, 0.25) is 0 Å². The predicted molar refractivity (Wildman–Crippen MR) is 99.6 cm³/mol. The van der Waals surface area contributed by atoms with Crippen molar-refractivity contribution in [2.24, 2.45) is 5.10 Å². The zero-order valence-corrected chi connectivity index (χ0v) is 15.1. The van der Waals surface area contributed by atoms with Gasteiger partial charge in [-0.2, -0.15) is 13.9 Å². The van der Waals surface area contributed by atoms with Gasteiger partial charge in [-0.25, -0.2) is 5.43 Å². The predicted octanol–water partition coefficient (Wildman–Crippen LogP) is 5.31. The highest BCUT2D eigenvalue weighted by Gasteiger charge is 2.16. The number of hydrogen-bond acceptors (Lipinski definition) is 4. The van der Waals surface area contributed by atoms with Crippen molar-refractivity contribution >= 4 is 44.6 Å². The van der Waals surface area contributed by atoms with Crippen LogP contribution < -0.4 is 10.2 Å². The number of thiophene rings is 1. The van der Waals surface area contributed by atoms with Crippen molar-refractivity contribution in [2.75, 3.05) is 0 Å². The van der Waals surface area contributed by atoms with Crippen molar-refractivity contribution in [1.29, 1.82) is 0 Å². The summed E-state index contributed by atoms with van der Waals surface area (Å²) in [6.45, 7) is -1.18. The molecule has 0 radical (unpaired) electrons. The summed E-state index contributed by atoms with van der Waals surface area (Å²) in [5, 5.41) is 5.26. The average molecular weight is 395 g/mol. The van der Waals surface area contributed by atoms with E-state index < -0.39 is 12.5 Å². The molecule has 1 amide bonds. The molecule has 4 nitrogen and oxygen atoms in total. The van der Waals surface area contributed by atoms with E-state index in [1.165, 1.54) is 23.5 Å². The van der Waals surface area contributed by atoms with Crippen molar-refractivity contribution in [1.82, 2.24) is 5.43 Å². The second kappa shape index (κ2) is 7.80. The van der Waals surface area contributed by atoms with E-state index in [0.29, 0.717) is 21.2 Å². The van der Waals surface area contributed by atoms with E-state index in [1.807, 2.05) is 24.3 Å². The maximum absolute atomic E-state index is 12.4. The van der Waals surface area contributed by atoms with Crippen LogP contribution in [-0.2, 0) is 0 Å². The summed E-state index contributed by atoms with van der Waals surface area (Å²) < 4.78 is 29.5. The van der Waals surface area contributed by atoms with Crippen molar-refractivity contribution < 1.29 is 18.3 Å². The van der Waals surface area contributed by atoms with Gasteiger partial charge in [-0.15, -0.1) is 11.3 Å². The molecule has 0 atom stereocenters. The average Bonchev–Trinajstić information content (AvgIpc) is 2.97. The third-order valence-electron chi connectivity index (χ3n) is 3.56. The summed E-state index contributed by atoms with van der Waals surface area (Å²) in [6.07, 6.45) is 0. The molecule has 2 aromatic carbocycles. The number of rotatable bonds is 5. The number of carbonyl (C=O) groups excluding carboxylic acids is 1. The van der Waals surface area contributed by atoms with Gasteiger partial charge in [0, 0.05) is 10.1 Å². The quantitative estimate of drug-likeness (QED) is 0.471. The number of alkyl halides is 2. The lowest BCUT2D eigenvalue weighted by Gasteiger charge is -2.06. The molecule has 0 unspecified atom stereocenters. The van der Waals surface area contributed by atoms with E-state index in [-0.39, 0.29) is 5.75 Å². The van der Waals surface area contributed by atoms with Crippen LogP contribution in [0.1, 0.15) is 22.2 Å². The van der Waals surface area contributed by atoms with Crippen molar-refractivity contribution in [2.45, 2.75) is 13.5 Å². The Morgan fingerprint density at radius 3 is 2.54 bits per heavy atom. The molecular formula is C18H13ClF2N2O2S. The zero-order valence-electron chi connectivity index (χ0n) is 13.5. The number of amides is 1. The fraction of sp³-hybridized carbons (Fsp3) is 0.111. The standard InChI is InChI=1S/C18H13ClF2N2O2S/c1-10(11-6-8-12(9-7-11)25-18(20)21)22-23-17(24)16-15(19)13-4-2-3-5-14(13)26-16/h2-9,18H,1H3,(H,23,24)/b22-10+. The molecule has 1 N–H and O–H groups in total. The third-order valence-corrected chi connectivity index (χ3v) is 5.24. The lowest BCUT2D eigenvalue weighted by molar-refractivity contribution is -0.0498. The van der Waals surface area contributed by atoms with Crippen LogP contribution in [0.5, 0.6) is 5.75 Å². The van der Waals surface area contributed by atoms with Crippen LogP contribution in [0.15, 0.2) is 53.6 Å². The first-order chi connectivity index (χ1) is 12.5. The Balaban J connectivity index is 1.73. The fourth-order valence-corrected chi connectivity index (χ4v) is 3.69. The Kier molecular flexibility index (Phi) is 5.49. The summed E-state index contributed by atoms with van der Waals surface area (Å²) in [7, 11) is 0. The molecule has 0 aliphatic heterocycles. The van der Waals surface area contributed by atoms with Crippen LogP contribution >= 0.6 is 22.9 Å². The normalized spacial score (nSPS) is 11.8. The monoisotopic (exact) mass is 394 g/mol. The molecule has 8 heteroatoms. The van der Waals surface area contributed by atoms with Gasteiger partial charge >= 0.3 is 6.61 Å². The molecule has 0 fully saturated rings. The Morgan fingerprint density at radius 2 is 1.88 bits per heavy atom. The van der Waals surface area contributed by atoms with Gasteiger partial charge in [-0.05, 0) is 42.8 Å². The van der Waals surface area contributed by atoms with E-state index in [4.69, 9.17) is 11.6 Å². The fourth-order valence-electron chi connectivity index (χ4n) is 2.29. The Morgan fingerprint density at radius 1 is 1.19 bits per heavy atom. The van der Waals surface area contributed by atoms with E-state index >= 15 is 0 Å². The Hall–Kier alpha value is -2.51. The molecule has 26 heavy (non-hydrogen) atoms. The lowest BCUT2D eigenvalue weighted by Crippen LogP contribution is -2.18. The van der Waals surface area contributed by atoms with Gasteiger partial charge in [-0.3, -0.25) is 4.79 Å². The molecule has 1 aromatic heterocycles. The third kappa shape index (κ3) is 4.00. The number of carbonyl (C=O) groups is 1. The molecule has 0 saturated carbocycles. The van der Waals surface area contributed by atoms with Gasteiger partial charge in [0.1, 0.15) is 10.6 Å². The number of benzene rings is 2. The zero-order chi connectivity index (χ0) is 18.7. The maximum Gasteiger partial charge on any atom is 0.387 e. The smallest absolute Gasteiger partial charge is 0.387 e. The highest BCUT2D eigenvalue weighted by atomic mass is 35.5. The number of halogens is 3. The first-order valence-corrected chi connectivity index (χ1v) is 8.72. The molecular weight excluding hydrogens is 382 g/mol. The van der Waals surface area contributed by atoms with Crippen LogP contribution in [0, 0.1) is 0 Å². The molecule has 0 aliphatic rings. The Labute approximate surface area is 157 Å². The molecule has 0 spiro atoms. The first-order valence-electron chi connectivity index (χ1n) is 7.52. The van der Waals surface area contributed by atoms with Crippen molar-refractivity contribution in [3.05, 3.63) is 64.0 Å². The summed E-state index contributed by atoms with van der Waals surface area (Å²) >= 11 is 7.56. The van der Waals surface area contributed by atoms with Crippen LogP contribution in [0.3, 0.4) is 0 Å². The minimum absolute atomic E-state index is 0.0534. The Bertz CT molecular complexity index is 971. The second-order valence-corrected chi connectivity index (χ2v) is 6.71. The number of nitrogens with one attached hydrogen (secondary N) is 1. The number of ether oxygens (including phenoxy) is 1. The lowest BCUT2D eigenvalue weighted by atomic mass is 10.1. The minimum atomic E-state index is -2.87. The highest BCUT2D eigenvalue weighted by Crippen LogP contribution is 2.34. The van der Waals surface area contributed by atoms with Crippen molar-refractivity contribution in [3.63, 3.8) is 0 Å². The highest BCUT2D eigenvalue weighted by molar-refractivity contribution is 7.21. The van der Waals surface area contributed by atoms with Crippen LogP contribution in [0.2, 0.25) is 5.02 Å². The molecule has 0 saturated heterocycles. The molecule has 1 heterocycles. The number of fused-ring (bicyclic) bond motifs is 1. The second-order valence-electron chi connectivity index (χ2n) is 5.28. The van der Waals surface area contributed by atoms with E-state index in [0.717, 1.165) is 10.1 Å². The van der Waals surface area contributed by atoms with Crippen LogP contribution in [-0.4, -0.2) is 18.2 Å². The molecule has 0 aliphatic carbocycles. The summed E-state index contributed by atoms with van der Waals surface area (Å²) in [6, 6.07) is 13.4. The SMILES string of the molecule is C/C(=N\NC(=O)c1sc2ccccc2c1Cl)c1ccc(OC(F)F)cc1. The number of nitrogens with zero attached hydrogens (tertiary/aromatic N) is 1. The summed E-state index contributed by atoms with van der Waals surface area (Å²) in [5.41, 5.74) is 3.64. The maximum atomic E-state index is 12.4. The van der Waals surface area contributed by atoms with Gasteiger partial charge in [0.05, 0.1) is 10.7 Å². The van der Waals surface area contributed by atoms with Crippen LogP contribution in [0.25, 0.3) is 10.1 Å². The first kappa shape index (κ1) is 18.3. The summed E-state index contributed by atoms with van der Waals surface area (Å²) in [5.74, 6) is -0.356. The van der Waals surface area contributed by atoms with E-state index in [1.54, 1.807) is 19.1 Å². The minimum Gasteiger partial charge on any atom is -0.435 e.